The quantitative estimate of drug-likeness (QED) is 0.910. The highest BCUT2D eigenvalue weighted by Crippen LogP contribution is 2.31. The van der Waals surface area contributed by atoms with Gasteiger partial charge in [0, 0.05) is 18.4 Å². The van der Waals surface area contributed by atoms with Crippen LogP contribution in [0.15, 0.2) is 38.6 Å². The molecule has 0 aliphatic rings. The lowest BCUT2D eigenvalue weighted by molar-refractivity contribution is 0.568. The van der Waals surface area contributed by atoms with Gasteiger partial charge in [-0.2, -0.15) is 0 Å². The van der Waals surface area contributed by atoms with Gasteiger partial charge in [0.05, 0.1) is 3.79 Å². The summed E-state index contributed by atoms with van der Waals surface area (Å²) in [7, 11) is -3.50. The number of halogens is 1. The van der Waals surface area contributed by atoms with Gasteiger partial charge in [-0.1, -0.05) is 6.07 Å². The van der Waals surface area contributed by atoms with Crippen molar-refractivity contribution in [3.05, 3.63) is 45.5 Å². The Kier molecular flexibility index (Phi) is 4.39. The van der Waals surface area contributed by atoms with E-state index >= 15 is 0 Å². The molecule has 0 radical (unpaired) electrons. The summed E-state index contributed by atoms with van der Waals surface area (Å²) in [5.74, 6) is 0. The second-order valence-corrected chi connectivity index (χ2v) is 8.46. The molecule has 1 atom stereocenters. The van der Waals surface area contributed by atoms with Gasteiger partial charge in [-0.3, -0.25) is 4.98 Å². The van der Waals surface area contributed by atoms with Crippen molar-refractivity contribution < 1.29 is 8.42 Å². The van der Waals surface area contributed by atoms with Crippen LogP contribution in [0, 0.1) is 6.92 Å². The summed E-state index contributed by atoms with van der Waals surface area (Å²) >= 11 is 4.55. The number of hydrogen-bond donors (Lipinski definition) is 1. The van der Waals surface area contributed by atoms with Crippen molar-refractivity contribution >= 4 is 37.3 Å². The molecule has 0 saturated carbocycles. The molecule has 2 aromatic heterocycles. The number of aryl methyl sites for hydroxylation is 1. The van der Waals surface area contributed by atoms with Crippen molar-refractivity contribution in [1.82, 2.24) is 9.71 Å². The Bertz CT molecular complexity index is 649. The summed E-state index contributed by atoms with van der Waals surface area (Å²) < 4.78 is 28.3. The zero-order valence-electron chi connectivity index (χ0n) is 10.4. The fourth-order valence-electron chi connectivity index (χ4n) is 1.56. The van der Waals surface area contributed by atoms with Crippen molar-refractivity contribution in [2.45, 2.75) is 24.1 Å². The fraction of sp³-hybridized carbons (Fsp3) is 0.250. The zero-order chi connectivity index (χ0) is 14.0. The summed E-state index contributed by atoms with van der Waals surface area (Å²) in [6.45, 7) is 3.66. The van der Waals surface area contributed by atoms with Crippen LogP contribution in [-0.4, -0.2) is 13.4 Å². The van der Waals surface area contributed by atoms with Gasteiger partial charge < -0.3 is 0 Å². The fourth-order valence-corrected chi connectivity index (χ4v) is 5.03. The van der Waals surface area contributed by atoms with Gasteiger partial charge in [-0.05, 0) is 53.0 Å². The van der Waals surface area contributed by atoms with E-state index in [1.807, 2.05) is 13.0 Å². The van der Waals surface area contributed by atoms with E-state index in [-0.39, 0.29) is 6.04 Å². The predicted molar refractivity (Wildman–Crippen MR) is 79.7 cm³/mol. The van der Waals surface area contributed by atoms with Gasteiger partial charge >= 0.3 is 0 Å². The molecule has 2 heterocycles. The van der Waals surface area contributed by atoms with Gasteiger partial charge in [-0.15, -0.1) is 11.3 Å². The Hall–Kier alpha value is -0.760. The molecule has 0 saturated heterocycles. The molecule has 7 heteroatoms. The van der Waals surface area contributed by atoms with Gasteiger partial charge in [0.1, 0.15) is 4.21 Å². The highest BCUT2D eigenvalue weighted by Gasteiger charge is 2.21. The Labute approximate surface area is 125 Å². The third-order valence-corrected chi connectivity index (χ3v) is 6.77. The number of rotatable bonds is 4. The van der Waals surface area contributed by atoms with E-state index in [1.165, 1.54) is 11.3 Å². The molecule has 0 fully saturated rings. The summed E-state index contributed by atoms with van der Waals surface area (Å²) in [6.07, 6.45) is 3.31. The van der Waals surface area contributed by atoms with E-state index in [1.54, 1.807) is 31.5 Å². The molecule has 0 aliphatic carbocycles. The molecule has 2 rings (SSSR count). The number of aromatic nitrogens is 1. The largest absolute Gasteiger partial charge is 0.264 e. The zero-order valence-corrected chi connectivity index (χ0v) is 13.6. The molecule has 1 N–H and O–H groups in total. The van der Waals surface area contributed by atoms with E-state index < -0.39 is 10.0 Å². The Balaban J connectivity index is 2.22. The monoisotopic (exact) mass is 360 g/mol. The van der Waals surface area contributed by atoms with Gasteiger partial charge in [0.25, 0.3) is 10.0 Å². The highest BCUT2D eigenvalue weighted by molar-refractivity contribution is 9.11. The summed E-state index contributed by atoms with van der Waals surface area (Å²) in [5, 5.41) is 0. The molecule has 0 amide bonds. The van der Waals surface area contributed by atoms with E-state index in [0.29, 0.717) is 4.21 Å². The predicted octanol–water partition coefficient (Wildman–Crippen LogP) is 3.25. The Morgan fingerprint density at radius 2 is 2.21 bits per heavy atom. The molecule has 0 spiro atoms. The average Bonchev–Trinajstić information content (AvgIpc) is 2.71. The number of pyridine rings is 1. The summed E-state index contributed by atoms with van der Waals surface area (Å²) in [5.41, 5.74) is 1.75. The van der Waals surface area contributed by atoms with Crippen LogP contribution in [0.1, 0.15) is 24.1 Å². The summed E-state index contributed by atoms with van der Waals surface area (Å²) in [4.78, 5) is 3.99. The second-order valence-electron chi connectivity index (χ2n) is 4.15. The van der Waals surface area contributed by atoms with Gasteiger partial charge in [-0.25, -0.2) is 13.1 Å². The molecule has 102 valence electrons. The van der Waals surface area contributed by atoms with Crippen molar-refractivity contribution in [2.24, 2.45) is 0 Å². The Morgan fingerprint density at radius 1 is 1.47 bits per heavy atom. The van der Waals surface area contributed by atoms with Crippen LogP contribution in [0.3, 0.4) is 0 Å². The third-order valence-electron chi connectivity index (χ3n) is 2.62. The van der Waals surface area contributed by atoms with Crippen LogP contribution in [0.5, 0.6) is 0 Å². The number of nitrogens with one attached hydrogen (secondary N) is 1. The lowest BCUT2D eigenvalue weighted by Gasteiger charge is -2.13. The third kappa shape index (κ3) is 3.42. The van der Waals surface area contributed by atoms with Crippen LogP contribution in [0.25, 0.3) is 0 Å². The first-order valence-corrected chi connectivity index (χ1v) is 8.67. The standard InChI is InChI=1S/C12H13BrN2O2S2/c1-8-6-11(18-12(8)13)19(16,17)15-9(2)10-4-3-5-14-7-10/h3-7,9,15H,1-2H3. The first kappa shape index (κ1) is 14.6. The topological polar surface area (TPSA) is 59.1 Å². The highest BCUT2D eigenvalue weighted by atomic mass is 79.9. The number of thiophene rings is 1. The molecule has 1 unspecified atom stereocenters. The maximum atomic E-state index is 12.2. The van der Waals surface area contributed by atoms with Crippen LogP contribution >= 0.6 is 27.3 Å². The van der Waals surface area contributed by atoms with E-state index in [4.69, 9.17) is 0 Å². The Morgan fingerprint density at radius 3 is 2.74 bits per heavy atom. The second kappa shape index (κ2) is 5.70. The van der Waals surface area contributed by atoms with Crippen LogP contribution in [-0.2, 0) is 10.0 Å². The molecule has 19 heavy (non-hydrogen) atoms. The minimum absolute atomic E-state index is 0.313. The molecular weight excluding hydrogens is 348 g/mol. The van der Waals surface area contributed by atoms with Crippen molar-refractivity contribution in [3.63, 3.8) is 0 Å². The van der Waals surface area contributed by atoms with Gasteiger partial charge in [0.15, 0.2) is 0 Å². The van der Waals surface area contributed by atoms with E-state index in [2.05, 4.69) is 25.6 Å². The minimum Gasteiger partial charge on any atom is -0.264 e. The number of nitrogens with zero attached hydrogens (tertiary/aromatic N) is 1. The molecule has 0 aromatic carbocycles. The van der Waals surface area contributed by atoms with Crippen molar-refractivity contribution in [2.75, 3.05) is 0 Å². The van der Waals surface area contributed by atoms with Crippen LogP contribution in [0.4, 0.5) is 0 Å². The average molecular weight is 361 g/mol. The normalized spacial score (nSPS) is 13.4. The SMILES string of the molecule is Cc1cc(S(=O)(=O)NC(C)c2cccnc2)sc1Br. The van der Waals surface area contributed by atoms with Crippen molar-refractivity contribution in [3.8, 4) is 0 Å². The molecule has 4 nitrogen and oxygen atoms in total. The number of sulfonamides is 1. The molecular formula is C12H13BrN2O2S2. The van der Waals surface area contributed by atoms with Crippen LogP contribution in [0.2, 0.25) is 0 Å². The van der Waals surface area contributed by atoms with Crippen LogP contribution < -0.4 is 4.72 Å². The van der Waals surface area contributed by atoms with Crippen molar-refractivity contribution in [1.29, 1.82) is 0 Å². The lowest BCUT2D eigenvalue weighted by atomic mass is 10.2. The molecule has 0 aliphatic heterocycles. The van der Waals surface area contributed by atoms with E-state index in [0.717, 1.165) is 14.9 Å². The minimum atomic E-state index is -3.50. The molecule has 2 aromatic rings. The maximum Gasteiger partial charge on any atom is 0.250 e. The smallest absolute Gasteiger partial charge is 0.250 e. The van der Waals surface area contributed by atoms with Gasteiger partial charge in [0.2, 0.25) is 0 Å². The lowest BCUT2D eigenvalue weighted by Crippen LogP contribution is -2.26. The van der Waals surface area contributed by atoms with E-state index in [9.17, 15) is 8.42 Å². The maximum absolute atomic E-state index is 12.2. The first-order valence-electron chi connectivity index (χ1n) is 5.58. The number of hydrogen-bond acceptors (Lipinski definition) is 4. The first-order chi connectivity index (χ1) is 8.90. The summed E-state index contributed by atoms with van der Waals surface area (Å²) in [6, 6.07) is 4.97. The molecule has 0 bridgehead atoms.